The zero-order valence-electron chi connectivity index (χ0n) is 10.5. The van der Waals surface area contributed by atoms with Gasteiger partial charge in [0.25, 0.3) is 0 Å². The van der Waals surface area contributed by atoms with E-state index in [-0.39, 0.29) is 37.6 Å². The van der Waals surface area contributed by atoms with E-state index in [1.54, 1.807) is 0 Å². The summed E-state index contributed by atoms with van der Waals surface area (Å²) in [7, 11) is 1.14. The van der Waals surface area contributed by atoms with E-state index in [0.29, 0.717) is 0 Å². The van der Waals surface area contributed by atoms with Crippen LogP contribution in [0.5, 0.6) is 0 Å². The Morgan fingerprint density at radius 1 is 1.37 bits per heavy atom. The summed E-state index contributed by atoms with van der Waals surface area (Å²) in [6.07, 6.45) is 0.217. The van der Waals surface area contributed by atoms with Crippen molar-refractivity contribution >= 4 is 23.7 Å². The minimum atomic E-state index is -1.14. The van der Waals surface area contributed by atoms with E-state index in [4.69, 9.17) is 5.11 Å². The first-order valence-electron chi connectivity index (χ1n) is 5.80. The molecule has 0 spiro atoms. The first-order chi connectivity index (χ1) is 8.99. The third kappa shape index (κ3) is 4.02. The van der Waals surface area contributed by atoms with Crippen LogP contribution in [0.25, 0.3) is 0 Å². The standard InChI is InChI=1S/C11H16N2O6/c1-19-11(18)7(6-14)12-8(15)4-5-13-9(16)2-3-10(13)17/h7,14H,2-6H2,1H3,(H,12,15). The molecule has 2 N–H and O–H groups in total. The molecule has 1 aliphatic rings. The smallest absolute Gasteiger partial charge is 0.330 e. The number of hydrogen-bond donors (Lipinski definition) is 2. The van der Waals surface area contributed by atoms with Gasteiger partial charge < -0.3 is 15.2 Å². The first-order valence-corrected chi connectivity index (χ1v) is 5.80. The monoisotopic (exact) mass is 272 g/mol. The minimum Gasteiger partial charge on any atom is -0.467 e. The summed E-state index contributed by atoms with van der Waals surface area (Å²) in [5.41, 5.74) is 0. The van der Waals surface area contributed by atoms with E-state index in [2.05, 4.69) is 10.1 Å². The van der Waals surface area contributed by atoms with E-state index >= 15 is 0 Å². The molecule has 1 atom stereocenters. The second-order valence-electron chi connectivity index (χ2n) is 4.01. The van der Waals surface area contributed by atoms with Gasteiger partial charge in [-0.15, -0.1) is 0 Å². The molecule has 1 fully saturated rings. The average Bonchev–Trinajstić information content (AvgIpc) is 2.72. The molecule has 106 valence electrons. The number of esters is 1. The van der Waals surface area contributed by atoms with Crippen molar-refractivity contribution in [2.24, 2.45) is 0 Å². The predicted octanol–water partition coefficient (Wildman–Crippen LogP) is -1.82. The van der Waals surface area contributed by atoms with Gasteiger partial charge in [0.05, 0.1) is 13.7 Å². The number of hydrogen-bond acceptors (Lipinski definition) is 6. The number of carbonyl (C=O) groups excluding carboxylic acids is 4. The second-order valence-corrected chi connectivity index (χ2v) is 4.01. The van der Waals surface area contributed by atoms with Crippen LogP contribution in [0.4, 0.5) is 0 Å². The molecule has 8 heteroatoms. The van der Waals surface area contributed by atoms with Crippen molar-refractivity contribution in [2.45, 2.75) is 25.3 Å². The fourth-order valence-corrected chi connectivity index (χ4v) is 1.67. The van der Waals surface area contributed by atoms with E-state index in [1.807, 2.05) is 0 Å². The molecule has 1 saturated heterocycles. The van der Waals surface area contributed by atoms with Crippen molar-refractivity contribution < 1.29 is 29.0 Å². The van der Waals surface area contributed by atoms with Crippen LogP contribution in [-0.2, 0) is 23.9 Å². The number of nitrogens with zero attached hydrogens (tertiary/aromatic N) is 1. The number of imide groups is 1. The van der Waals surface area contributed by atoms with Crippen molar-refractivity contribution in [1.29, 1.82) is 0 Å². The highest BCUT2D eigenvalue weighted by atomic mass is 16.5. The van der Waals surface area contributed by atoms with E-state index in [0.717, 1.165) is 12.0 Å². The molecule has 1 unspecified atom stereocenters. The molecule has 0 aromatic carbocycles. The summed E-state index contributed by atoms with van der Waals surface area (Å²) >= 11 is 0. The Balaban J connectivity index is 2.41. The van der Waals surface area contributed by atoms with Crippen molar-refractivity contribution in [2.75, 3.05) is 20.3 Å². The number of likely N-dealkylation sites (tertiary alicyclic amines) is 1. The molecule has 0 aromatic rings. The number of rotatable bonds is 6. The number of aliphatic hydroxyl groups is 1. The van der Waals surface area contributed by atoms with Crippen LogP contribution in [0.15, 0.2) is 0 Å². The van der Waals surface area contributed by atoms with Gasteiger partial charge in [0.2, 0.25) is 17.7 Å². The third-order valence-electron chi connectivity index (χ3n) is 2.72. The van der Waals surface area contributed by atoms with Gasteiger partial charge in [0.15, 0.2) is 6.04 Å². The number of carbonyl (C=O) groups is 4. The van der Waals surface area contributed by atoms with E-state index in [9.17, 15) is 19.2 Å². The lowest BCUT2D eigenvalue weighted by Crippen LogP contribution is -2.45. The van der Waals surface area contributed by atoms with Crippen LogP contribution >= 0.6 is 0 Å². The largest absolute Gasteiger partial charge is 0.467 e. The van der Waals surface area contributed by atoms with Crippen molar-refractivity contribution in [3.8, 4) is 0 Å². The molecule has 1 heterocycles. The lowest BCUT2D eigenvalue weighted by atomic mass is 10.3. The fraction of sp³-hybridized carbons (Fsp3) is 0.636. The van der Waals surface area contributed by atoms with Gasteiger partial charge in [-0.3, -0.25) is 19.3 Å². The fourth-order valence-electron chi connectivity index (χ4n) is 1.67. The van der Waals surface area contributed by atoms with Crippen LogP contribution in [0.1, 0.15) is 19.3 Å². The summed E-state index contributed by atoms with van der Waals surface area (Å²) < 4.78 is 4.38. The van der Waals surface area contributed by atoms with E-state index < -0.39 is 24.5 Å². The van der Waals surface area contributed by atoms with Crippen LogP contribution in [-0.4, -0.2) is 60.0 Å². The summed E-state index contributed by atoms with van der Waals surface area (Å²) in [5.74, 6) is -1.91. The molecule has 0 bridgehead atoms. The molecule has 8 nitrogen and oxygen atoms in total. The topological polar surface area (TPSA) is 113 Å². The summed E-state index contributed by atoms with van der Waals surface area (Å²) in [6.45, 7) is -0.608. The Kier molecular flexibility index (Phi) is 5.43. The molecule has 1 aliphatic heterocycles. The normalized spacial score (nSPS) is 16.4. The van der Waals surface area contributed by atoms with Crippen LogP contribution < -0.4 is 5.32 Å². The van der Waals surface area contributed by atoms with Crippen molar-refractivity contribution in [3.05, 3.63) is 0 Å². The van der Waals surface area contributed by atoms with Gasteiger partial charge in [-0.1, -0.05) is 0 Å². The zero-order chi connectivity index (χ0) is 14.4. The Morgan fingerprint density at radius 2 is 1.95 bits per heavy atom. The van der Waals surface area contributed by atoms with Crippen molar-refractivity contribution in [3.63, 3.8) is 0 Å². The maximum atomic E-state index is 11.5. The predicted molar refractivity (Wildman–Crippen MR) is 61.6 cm³/mol. The highest BCUT2D eigenvalue weighted by molar-refractivity contribution is 6.02. The lowest BCUT2D eigenvalue weighted by molar-refractivity contribution is -0.146. The second kappa shape index (κ2) is 6.83. The Morgan fingerprint density at radius 3 is 2.42 bits per heavy atom. The summed E-state index contributed by atoms with van der Waals surface area (Å²) in [4.78, 5) is 46.2. The summed E-state index contributed by atoms with van der Waals surface area (Å²) in [5, 5.41) is 11.2. The Bertz CT molecular complexity index is 379. The van der Waals surface area contributed by atoms with Gasteiger partial charge in [-0.2, -0.15) is 0 Å². The number of nitrogens with one attached hydrogen (secondary N) is 1. The Labute approximate surface area is 109 Å². The lowest BCUT2D eigenvalue weighted by Gasteiger charge is -2.16. The quantitative estimate of drug-likeness (QED) is 0.434. The molecule has 3 amide bonds. The maximum absolute atomic E-state index is 11.5. The first kappa shape index (κ1) is 15.1. The van der Waals surface area contributed by atoms with Crippen LogP contribution in [0.2, 0.25) is 0 Å². The highest BCUT2D eigenvalue weighted by Crippen LogP contribution is 2.11. The van der Waals surface area contributed by atoms with Gasteiger partial charge in [0, 0.05) is 25.8 Å². The molecule has 0 saturated carbocycles. The minimum absolute atomic E-state index is 0.0250. The zero-order valence-corrected chi connectivity index (χ0v) is 10.5. The number of amides is 3. The number of ether oxygens (including phenoxy) is 1. The van der Waals surface area contributed by atoms with Crippen LogP contribution in [0, 0.1) is 0 Å². The van der Waals surface area contributed by atoms with E-state index in [1.165, 1.54) is 0 Å². The van der Waals surface area contributed by atoms with Gasteiger partial charge in [0.1, 0.15) is 0 Å². The average molecular weight is 272 g/mol. The highest BCUT2D eigenvalue weighted by Gasteiger charge is 2.29. The molecular weight excluding hydrogens is 256 g/mol. The third-order valence-corrected chi connectivity index (χ3v) is 2.72. The molecule has 19 heavy (non-hydrogen) atoms. The number of methoxy groups -OCH3 is 1. The molecule has 0 aliphatic carbocycles. The van der Waals surface area contributed by atoms with Crippen LogP contribution in [0.3, 0.4) is 0 Å². The summed E-state index contributed by atoms with van der Waals surface area (Å²) in [6, 6.07) is -1.14. The maximum Gasteiger partial charge on any atom is 0.330 e. The molecule has 0 aromatic heterocycles. The van der Waals surface area contributed by atoms with Gasteiger partial charge in [-0.25, -0.2) is 4.79 Å². The SMILES string of the molecule is COC(=O)C(CO)NC(=O)CCN1C(=O)CCC1=O. The molecule has 0 radical (unpaired) electrons. The van der Waals surface area contributed by atoms with Crippen molar-refractivity contribution in [1.82, 2.24) is 10.2 Å². The van der Waals surface area contributed by atoms with Gasteiger partial charge >= 0.3 is 5.97 Å². The number of aliphatic hydroxyl groups excluding tert-OH is 1. The molecule has 1 rings (SSSR count). The van der Waals surface area contributed by atoms with Gasteiger partial charge in [-0.05, 0) is 0 Å². The molecular formula is C11H16N2O6. The Hall–Kier alpha value is -1.96.